The van der Waals surface area contributed by atoms with Crippen molar-refractivity contribution in [2.45, 2.75) is 51.2 Å². The maximum absolute atomic E-state index is 12.8. The largest absolute Gasteiger partial charge is 0.485 e. The summed E-state index contributed by atoms with van der Waals surface area (Å²) < 4.78 is 7.74. The minimum absolute atomic E-state index is 0.184. The Balaban J connectivity index is 1.48. The first-order valence-electron chi connectivity index (χ1n) is 10.2. The van der Waals surface area contributed by atoms with Crippen molar-refractivity contribution in [2.75, 3.05) is 6.54 Å². The number of aliphatic hydroxyl groups is 1. The van der Waals surface area contributed by atoms with Crippen molar-refractivity contribution in [2.24, 2.45) is 0 Å². The van der Waals surface area contributed by atoms with Gasteiger partial charge in [0.2, 0.25) is 0 Å². The lowest BCUT2D eigenvalue weighted by Gasteiger charge is -2.21. The number of imidazole rings is 1. The van der Waals surface area contributed by atoms with Crippen molar-refractivity contribution >= 4 is 11.6 Å². The van der Waals surface area contributed by atoms with E-state index in [0.29, 0.717) is 42.4 Å². The lowest BCUT2D eigenvalue weighted by Crippen LogP contribution is -2.33. The first-order chi connectivity index (χ1) is 14.1. The highest BCUT2D eigenvalue weighted by Crippen LogP contribution is 2.32. The van der Waals surface area contributed by atoms with Gasteiger partial charge in [-0.05, 0) is 43.9 Å². The van der Waals surface area contributed by atoms with E-state index in [4.69, 9.17) is 4.74 Å². The molecule has 6 heteroatoms. The van der Waals surface area contributed by atoms with Crippen LogP contribution in [0.15, 0.2) is 48.7 Å². The van der Waals surface area contributed by atoms with Crippen LogP contribution in [-0.2, 0) is 6.61 Å². The van der Waals surface area contributed by atoms with E-state index in [2.05, 4.69) is 10.3 Å². The molecular weight excluding hydrogens is 366 g/mol. The molecule has 2 aromatic heterocycles. The van der Waals surface area contributed by atoms with E-state index in [-0.39, 0.29) is 5.91 Å². The summed E-state index contributed by atoms with van der Waals surface area (Å²) in [6.45, 7) is 2.71. The van der Waals surface area contributed by atoms with Gasteiger partial charge in [-0.2, -0.15) is 0 Å². The number of nitrogens with one attached hydrogen (secondary N) is 1. The van der Waals surface area contributed by atoms with E-state index in [1.54, 1.807) is 4.40 Å². The van der Waals surface area contributed by atoms with E-state index in [1.807, 2.05) is 55.6 Å². The van der Waals surface area contributed by atoms with E-state index < -0.39 is 5.60 Å². The Labute approximate surface area is 170 Å². The van der Waals surface area contributed by atoms with Crippen molar-refractivity contribution < 1.29 is 14.6 Å². The number of rotatable bonds is 7. The Morgan fingerprint density at radius 3 is 2.72 bits per heavy atom. The molecule has 0 atom stereocenters. The summed E-state index contributed by atoms with van der Waals surface area (Å²) in [5.74, 6) is 0.454. The molecule has 1 amide bonds. The van der Waals surface area contributed by atoms with Crippen molar-refractivity contribution in [3.8, 4) is 5.75 Å². The third-order valence-electron chi connectivity index (χ3n) is 5.65. The second kappa shape index (κ2) is 8.25. The van der Waals surface area contributed by atoms with Crippen LogP contribution in [0.25, 0.3) is 5.65 Å². The number of pyridine rings is 1. The van der Waals surface area contributed by atoms with Gasteiger partial charge in [0.1, 0.15) is 12.3 Å². The average molecular weight is 393 g/mol. The summed E-state index contributed by atoms with van der Waals surface area (Å²) in [6, 6.07) is 13.7. The van der Waals surface area contributed by atoms with Crippen LogP contribution in [0.2, 0.25) is 0 Å². The highest BCUT2D eigenvalue weighted by atomic mass is 16.5. The Kier molecular flexibility index (Phi) is 5.53. The molecule has 1 aliphatic rings. The van der Waals surface area contributed by atoms with Crippen LogP contribution >= 0.6 is 0 Å². The lowest BCUT2D eigenvalue weighted by molar-refractivity contribution is 0.0389. The number of benzene rings is 1. The highest BCUT2D eigenvalue weighted by molar-refractivity contribution is 5.95. The Morgan fingerprint density at radius 1 is 1.21 bits per heavy atom. The molecule has 1 saturated carbocycles. The van der Waals surface area contributed by atoms with Gasteiger partial charge < -0.3 is 15.2 Å². The number of amides is 1. The third kappa shape index (κ3) is 4.27. The van der Waals surface area contributed by atoms with Crippen LogP contribution in [0.1, 0.15) is 53.8 Å². The molecule has 0 unspecified atom stereocenters. The number of aryl methyl sites for hydroxylation is 1. The number of carbonyl (C=O) groups is 1. The van der Waals surface area contributed by atoms with Crippen LogP contribution < -0.4 is 10.1 Å². The zero-order valence-corrected chi connectivity index (χ0v) is 16.7. The van der Waals surface area contributed by atoms with Gasteiger partial charge in [-0.1, -0.05) is 43.2 Å². The second-order valence-corrected chi connectivity index (χ2v) is 7.82. The number of aromatic nitrogens is 2. The topological polar surface area (TPSA) is 75.9 Å². The van der Waals surface area contributed by atoms with E-state index in [0.717, 1.165) is 31.2 Å². The number of fused-ring (bicyclic) bond motifs is 1. The van der Waals surface area contributed by atoms with Gasteiger partial charge in [-0.25, -0.2) is 4.98 Å². The van der Waals surface area contributed by atoms with Gasteiger partial charge >= 0.3 is 0 Å². The molecule has 0 bridgehead atoms. The quantitative estimate of drug-likeness (QED) is 0.642. The maximum Gasteiger partial charge on any atom is 0.270 e. The minimum Gasteiger partial charge on any atom is -0.485 e. The first kappa shape index (κ1) is 19.5. The molecule has 3 aromatic rings. The number of carbonyl (C=O) groups excluding carboxylic acids is 1. The summed E-state index contributed by atoms with van der Waals surface area (Å²) in [5.41, 5.74) is 2.22. The van der Waals surface area contributed by atoms with Crippen molar-refractivity contribution in [3.05, 3.63) is 65.6 Å². The van der Waals surface area contributed by atoms with Crippen molar-refractivity contribution in [1.29, 1.82) is 0 Å². The molecule has 4 rings (SSSR count). The second-order valence-electron chi connectivity index (χ2n) is 7.82. The zero-order chi connectivity index (χ0) is 20.3. The number of nitrogens with zero attached hydrogens (tertiary/aromatic N) is 2. The Hall–Kier alpha value is -2.86. The average Bonchev–Trinajstić information content (AvgIpc) is 3.30. The molecule has 1 aromatic carbocycles. The van der Waals surface area contributed by atoms with Gasteiger partial charge in [-0.3, -0.25) is 9.20 Å². The molecule has 6 nitrogen and oxygen atoms in total. The molecule has 2 N–H and O–H groups in total. The fraction of sp³-hybridized carbons (Fsp3) is 0.391. The SMILES string of the molecule is Cc1nc2c(OCc3ccccc3)cccn2c1C(=O)NCCC1(O)CCCC1. The lowest BCUT2D eigenvalue weighted by atomic mass is 9.98. The predicted octanol–water partition coefficient (Wildman–Crippen LogP) is 3.65. The Morgan fingerprint density at radius 2 is 1.97 bits per heavy atom. The number of ether oxygens (including phenoxy) is 1. The summed E-state index contributed by atoms with van der Waals surface area (Å²) in [5, 5.41) is 13.4. The molecule has 29 heavy (non-hydrogen) atoms. The zero-order valence-electron chi connectivity index (χ0n) is 16.7. The Bertz CT molecular complexity index is 991. The van der Waals surface area contributed by atoms with E-state index >= 15 is 0 Å². The van der Waals surface area contributed by atoms with E-state index in [1.165, 1.54) is 0 Å². The molecule has 0 spiro atoms. The summed E-state index contributed by atoms with van der Waals surface area (Å²) in [4.78, 5) is 17.4. The molecule has 2 heterocycles. The maximum atomic E-state index is 12.8. The first-order valence-corrected chi connectivity index (χ1v) is 10.2. The fourth-order valence-electron chi connectivity index (χ4n) is 4.05. The van der Waals surface area contributed by atoms with Gasteiger partial charge in [0.25, 0.3) is 5.91 Å². The summed E-state index contributed by atoms with van der Waals surface area (Å²) in [6.07, 6.45) is 6.16. The molecule has 0 radical (unpaired) electrons. The van der Waals surface area contributed by atoms with E-state index in [9.17, 15) is 9.90 Å². The van der Waals surface area contributed by atoms with Crippen LogP contribution in [0.3, 0.4) is 0 Å². The minimum atomic E-state index is -0.625. The fourth-order valence-corrected chi connectivity index (χ4v) is 4.05. The molecular formula is C23H27N3O3. The molecule has 0 aliphatic heterocycles. The van der Waals surface area contributed by atoms with Gasteiger partial charge in [0, 0.05) is 12.7 Å². The monoisotopic (exact) mass is 393 g/mol. The van der Waals surface area contributed by atoms with Crippen molar-refractivity contribution in [1.82, 2.24) is 14.7 Å². The predicted molar refractivity (Wildman–Crippen MR) is 111 cm³/mol. The van der Waals surface area contributed by atoms with Crippen LogP contribution in [0.4, 0.5) is 0 Å². The van der Waals surface area contributed by atoms with Crippen LogP contribution in [0, 0.1) is 6.92 Å². The highest BCUT2D eigenvalue weighted by Gasteiger charge is 2.30. The third-order valence-corrected chi connectivity index (χ3v) is 5.65. The van der Waals surface area contributed by atoms with Crippen molar-refractivity contribution in [3.63, 3.8) is 0 Å². The normalized spacial score (nSPS) is 15.5. The van der Waals surface area contributed by atoms with Gasteiger partial charge in [0.05, 0.1) is 11.3 Å². The number of hydrogen-bond donors (Lipinski definition) is 2. The molecule has 152 valence electrons. The summed E-state index contributed by atoms with van der Waals surface area (Å²) in [7, 11) is 0. The van der Waals surface area contributed by atoms with Crippen LogP contribution in [0.5, 0.6) is 5.75 Å². The molecule has 1 aliphatic carbocycles. The number of hydrogen-bond acceptors (Lipinski definition) is 4. The standard InChI is InChI=1S/C23H27N3O3/c1-17-20(22(27)24-14-13-23(28)11-5-6-12-23)26-15-7-10-19(21(26)25-17)29-16-18-8-3-2-4-9-18/h2-4,7-10,15,28H,5-6,11-14,16H2,1H3,(H,24,27). The molecule has 0 saturated heterocycles. The summed E-state index contributed by atoms with van der Waals surface area (Å²) >= 11 is 0. The molecule has 1 fully saturated rings. The smallest absolute Gasteiger partial charge is 0.270 e. The van der Waals surface area contributed by atoms with Gasteiger partial charge in [-0.15, -0.1) is 0 Å². The van der Waals surface area contributed by atoms with Gasteiger partial charge in [0.15, 0.2) is 11.4 Å². The van der Waals surface area contributed by atoms with Crippen LogP contribution in [-0.4, -0.2) is 32.5 Å².